The van der Waals surface area contributed by atoms with Crippen molar-refractivity contribution in [2.24, 2.45) is 5.92 Å². The molecule has 1 atom stereocenters. The predicted molar refractivity (Wildman–Crippen MR) is 72.5 cm³/mol. The van der Waals surface area contributed by atoms with E-state index in [0.717, 1.165) is 13.0 Å². The Kier molecular flexibility index (Phi) is 3.17. The summed E-state index contributed by atoms with van der Waals surface area (Å²) in [4.78, 5) is 2.44. The number of hydrogen-bond donors (Lipinski definition) is 1. The smallest absolute Gasteiger partial charge is 0.0477 e. The van der Waals surface area contributed by atoms with Gasteiger partial charge in [0.25, 0.3) is 0 Å². The Morgan fingerprint density at radius 1 is 1.24 bits per heavy atom. The molecule has 1 aliphatic rings. The molecule has 0 saturated carbocycles. The zero-order chi connectivity index (χ0) is 12.6. The van der Waals surface area contributed by atoms with Gasteiger partial charge in [-0.05, 0) is 57.4 Å². The van der Waals surface area contributed by atoms with Gasteiger partial charge in [0.2, 0.25) is 0 Å². The molecule has 17 heavy (non-hydrogen) atoms. The molecule has 1 unspecified atom stereocenters. The van der Waals surface area contributed by atoms with Crippen molar-refractivity contribution in [1.82, 2.24) is 0 Å². The molecule has 94 valence electrons. The van der Waals surface area contributed by atoms with Crippen LogP contribution in [0.5, 0.6) is 0 Å². The third kappa shape index (κ3) is 2.47. The van der Waals surface area contributed by atoms with E-state index in [9.17, 15) is 5.11 Å². The summed E-state index contributed by atoms with van der Waals surface area (Å²) in [5, 5.41) is 9.35. The molecule has 2 nitrogen and oxygen atoms in total. The van der Waals surface area contributed by atoms with Crippen LogP contribution in [0.25, 0.3) is 0 Å². The Bertz CT molecular complexity index is 391. The second kappa shape index (κ2) is 4.34. The first-order valence-corrected chi connectivity index (χ1v) is 6.39. The topological polar surface area (TPSA) is 23.5 Å². The second-order valence-corrected chi connectivity index (χ2v) is 6.02. The Morgan fingerprint density at radius 3 is 2.29 bits per heavy atom. The fourth-order valence-corrected chi connectivity index (χ4v) is 3.07. The molecular weight excluding hydrogens is 210 g/mol. The van der Waals surface area contributed by atoms with Crippen molar-refractivity contribution in [2.75, 3.05) is 18.1 Å². The van der Waals surface area contributed by atoms with E-state index in [-0.39, 0.29) is 5.54 Å². The van der Waals surface area contributed by atoms with Crippen LogP contribution in [0.2, 0.25) is 0 Å². The molecule has 1 heterocycles. The minimum absolute atomic E-state index is 0.146. The largest absolute Gasteiger partial charge is 0.396 e. The van der Waals surface area contributed by atoms with Gasteiger partial charge in [-0.1, -0.05) is 6.07 Å². The van der Waals surface area contributed by atoms with E-state index in [4.69, 9.17) is 0 Å². The van der Waals surface area contributed by atoms with Crippen LogP contribution in [0.1, 0.15) is 31.4 Å². The molecular formula is C15H23NO. The lowest BCUT2D eigenvalue weighted by molar-refractivity contribution is 0.232. The third-order valence-electron chi connectivity index (χ3n) is 3.74. The summed E-state index contributed by atoms with van der Waals surface area (Å²) in [5.74, 6) is 0.408. The van der Waals surface area contributed by atoms with Crippen molar-refractivity contribution in [1.29, 1.82) is 0 Å². The van der Waals surface area contributed by atoms with E-state index in [2.05, 4.69) is 50.8 Å². The second-order valence-electron chi connectivity index (χ2n) is 6.02. The number of nitrogens with zero attached hydrogens (tertiary/aromatic N) is 1. The van der Waals surface area contributed by atoms with Crippen LogP contribution in [0.3, 0.4) is 0 Å². The normalized spacial score (nSPS) is 23.1. The van der Waals surface area contributed by atoms with Crippen molar-refractivity contribution in [3.63, 3.8) is 0 Å². The average molecular weight is 233 g/mol. The molecule has 0 radical (unpaired) electrons. The number of aliphatic hydroxyl groups excluding tert-OH is 1. The van der Waals surface area contributed by atoms with Gasteiger partial charge in [0, 0.05) is 30.3 Å². The number of benzene rings is 1. The van der Waals surface area contributed by atoms with Gasteiger partial charge in [0.05, 0.1) is 0 Å². The summed E-state index contributed by atoms with van der Waals surface area (Å²) >= 11 is 0. The number of anilines is 1. The molecule has 1 aromatic carbocycles. The van der Waals surface area contributed by atoms with Gasteiger partial charge < -0.3 is 10.0 Å². The Morgan fingerprint density at radius 2 is 1.82 bits per heavy atom. The number of hydrogen-bond acceptors (Lipinski definition) is 2. The first-order valence-electron chi connectivity index (χ1n) is 6.39. The van der Waals surface area contributed by atoms with Crippen molar-refractivity contribution in [3.05, 3.63) is 29.3 Å². The summed E-state index contributed by atoms with van der Waals surface area (Å²) in [6, 6.07) is 6.69. The molecule has 0 bridgehead atoms. The van der Waals surface area contributed by atoms with Crippen LogP contribution in [0, 0.1) is 19.8 Å². The van der Waals surface area contributed by atoms with Crippen LogP contribution < -0.4 is 4.90 Å². The van der Waals surface area contributed by atoms with Crippen LogP contribution >= 0.6 is 0 Å². The van der Waals surface area contributed by atoms with Gasteiger partial charge >= 0.3 is 0 Å². The molecule has 1 aliphatic heterocycles. The fraction of sp³-hybridized carbons (Fsp3) is 0.600. The maximum atomic E-state index is 9.35. The lowest BCUT2D eigenvalue weighted by Crippen LogP contribution is -2.38. The third-order valence-corrected chi connectivity index (χ3v) is 3.74. The van der Waals surface area contributed by atoms with Gasteiger partial charge in [-0.15, -0.1) is 0 Å². The lowest BCUT2D eigenvalue weighted by Gasteiger charge is -2.34. The minimum Gasteiger partial charge on any atom is -0.396 e. The maximum absolute atomic E-state index is 9.35. The van der Waals surface area contributed by atoms with E-state index >= 15 is 0 Å². The number of rotatable bonds is 2. The average Bonchev–Trinajstić information content (AvgIpc) is 2.52. The van der Waals surface area contributed by atoms with Gasteiger partial charge in [-0.25, -0.2) is 0 Å². The van der Waals surface area contributed by atoms with Crippen molar-refractivity contribution in [2.45, 2.75) is 39.7 Å². The van der Waals surface area contributed by atoms with Gasteiger partial charge in [0.15, 0.2) is 0 Å². The van der Waals surface area contributed by atoms with Crippen LogP contribution in [-0.2, 0) is 0 Å². The monoisotopic (exact) mass is 233 g/mol. The molecule has 2 rings (SSSR count). The molecule has 2 heteroatoms. The number of aliphatic hydroxyl groups is 1. The highest BCUT2D eigenvalue weighted by atomic mass is 16.3. The lowest BCUT2D eigenvalue weighted by atomic mass is 9.96. The van der Waals surface area contributed by atoms with Crippen molar-refractivity contribution >= 4 is 5.69 Å². The van der Waals surface area contributed by atoms with Gasteiger partial charge in [-0.2, -0.15) is 0 Å². The molecule has 1 saturated heterocycles. The Labute approximate surface area is 104 Å². The fourth-order valence-electron chi connectivity index (χ4n) is 3.07. The first-order chi connectivity index (χ1) is 7.92. The summed E-state index contributed by atoms with van der Waals surface area (Å²) in [6.07, 6.45) is 1.07. The summed E-state index contributed by atoms with van der Waals surface area (Å²) in [7, 11) is 0. The molecule has 0 spiro atoms. The molecule has 0 amide bonds. The van der Waals surface area contributed by atoms with Crippen LogP contribution in [0.15, 0.2) is 18.2 Å². The van der Waals surface area contributed by atoms with Gasteiger partial charge in [-0.3, -0.25) is 0 Å². The maximum Gasteiger partial charge on any atom is 0.0477 e. The molecule has 1 N–H and O–H groups in total. The Hall–Kier alpha value is -1.02. The zero-order valence-electron chi connectivity index (χ0n) is 11.3. The highest BCUT2D eigenvalue weighted by Gasteiger charge is 2.38. The van der Waals surface area contributed by atoms with Gasteiger partial charge in [0.1, 0.15) is 0 Å². The first kappa shape index (κ1) is 12.4. The summed E-state index contributed by atoms with van der Waals surface area (Å²) in [5.41, 5.74) is 4.06. The van der Waals surface area contributed by atoms with Crippen LogP contribution in [-0.4, -0.2) is 23.8 Å². The van der Waals surface area contributed by atoms with Crippen LogP contribution in [0.4, 0.5) is 5.69 Å². The van der Waals surface area contributed by atoms with E-state index in [1.165, 1.54) is 16.8 Å². The van der Waals surface area contributed by atoms with E-state index in [1.807, 2.05) is 0 Å². The molecule has 1 aromatic rings. The van der Waals surface area contributed by atoms with E-state index < -0.39 is 0 Å². The predicted octanol–water partition coefficient (Wildman–Crippen LogP) is 2.90. The van der Waals surface area contributed by atoms with E-state index in [0.29, 0.717) is 12.5 Å². The van der Waals surface area contributed by atoms with Crippen molar-refractivity contribution < 1.29 is 5.11 Å². The molecule has 0 aromatic heterocycles. The number of aryl methyl sites for hydroxylation is 2. The minimum atomic E-state index is 0.146. The molecule has 1 fully saturated rings. The Balaban J connectivity index is 2.33. The summed E-state index contributed by atoms with van der Waals surface area (Å²) in [6.45, 7) is 10.1. The molecule has 0 aliphatic carbocycles. The van der Waals surface area contributed by atoms with Crippen molar-refractivity contribution in [3.8, 4) is 0 Å². The van der Waals surface area contributed by atoms with E-state index in [1.54, 1.807) is 0 Å². The highest BCUT2D eigenvalue weighted by molar-refractivity contribution is 5.54. The quantitative estimate of drug-likeness (QED) is 0.849. The standard InChI is InChI=1S/C15H23NO/c1-11-5-12(2)7-14(6-11)16-9-13(10-17)8-15(16,3)4/h5-7,13,17H,8-10H2,1-4H3. The SMILES string of the molecule is Cc1cc(C)cc(N2CC(CO)CC2(C)C)c1. The summed E-state index contributed by atoms with van der Waals surface area (Å²) < 4.78 is 0. The zero-order valence-corrected chi connectivity index (χ0v) is 11.3. The highest BCUT2D eigenvalue weighted by Crippen LogP contribution is 2.37.